The van der Waals surface area contributed by atoms with Gasteiger partial charge in [-0.15, -0.1) is 11.3 Å². The molecule has 4 heteroatoms. The lowest BCUT2D eigenvalue weighted by Crippen LogP contribution is -2.08. The maximum Gasteiger partial charge on any atom is 0.208 e. The lowest BCUT2D eigenvalue weighted by Gasteiger charge is -2.15. The monoisotopic (exact) mass is 289 g/mol. The lowest BCUT2D eigenvalue weighted by molar-refractivity contribution is 0.104. The van der Waals surface area contributed by atoms with Crippen LogP contribution in [0.4, 0.5) is 5.69 Å². The summed E-state index contributed by atoms with van der Waals surface area (Å²) >= 11 is 1.51. The number of methoxy groups -OCH3 is 1. The summed E-state index contributed by atoms with van der Waals surface area (Å²) in [7, 11) is 1.54. The highest BCUT2D eigenvalue weighted by Crippen LogP contribution is 2.33. The van der Waals surface area contributed by atoms with Crippen LogP contribution in [-0.4, -0.2) is 12.9 Å². The molecule has 0 atom stereocenters. The van der Waals surface area contributed by atoms with Crippen LogP contribution < -0.4 is 10.5 Å². The third kappa shape index (κ3) is 2.70. The molecular weight excluding hydrogens is 270 g/mol. The molecule has 1 aromatic heterocycles. The van der Waals surface area contributed by atoms with Crippen LogP contribution in [0.1, 0.15) is 40.9 Å². The fraction of sp³-hybridized carbons (Fsp3) is 0.312. The Kier molecular flexibility index (Phi) is 3.86. The summed E-state index contributed by atoms with van der Waals surface area (Å²) in [6.07, 6.45) is 0. The van der Waals surface area contributed by atoms with Crippen molar-refractivity contribution in [1.82, 2.24) is 0 Å². The molecule has 0 aliphatic heterocycles. The van der Waals surface area contributed by atoms with Gasteiger partial charge in [-0.25, -0.2) is 0 Å². The summed E-state index contributed by atoms with van der Waals surface area (Å²) < 4.78 is 5.25. The van der Waals surface area contributed by atoms with Gasteiger partial charge in [0.15, 0.2) is 0 Å². The van der Waals surface area contributed by atoms with Gasteiger partial charge in [0.05, 0.1) is 17.6 Å². The minimum atomic E-state index is -0.0829. The molecule has 0 amide bonds. The molecule has 1 heterocycles. The molecule has 0 fully saturated rings. The predicted octanol–water partition coefficient (Wildman–Crippen LogP) is 3.87. The lowest BCUT2D eigenvalue weighted by atomic mass is 9.95. The van der Waals surface area contributed by atoms with Crippen molar-refractivity contribution in [2.75, 3.05) is 12.8 Å². The highest BCUT2D eigenvalue weighted by Gasteiger charge is 2.22. The van der Waals surface area contributed by atoms with Gasteiger partial charge in [0.1, 0.15) is 5.75 Å². The van der Waals surface area contributed by atoms with E-state index in [-0.39, 0.29) is 11.2 Å². The summed E-state index contributed by atoms with van der Waals surface area (Å²) in [6, 6.07) is 9.11. The van der Waals surface area contributed by atoms with Crippen LogP contribution in [-0.2, 0) is 5.41 Å². The first-order valence-corrected chi connectivity index (χ1v) is 7.23. The minimum Gasteiger partial charge on any atom is -0.496 e. The quantitative estimate of drug-likeness (QED) is 0.689. The molecule has 2 rings (SSSR count). The fourth-order valence-corrected chi connectivity index (χ4v) is 2.96. The zero-order chi connectivity index (χ0) is 14.9. The number of hydrogen-bond acceptors (Lipinski definition) is 4. The Morgan fingerprint density at radius 3 is 2.45 bits per heavy atom. The van der Waals surface area contributed by atoms with Gasteiger partial charge in [0.25, 0.3) is 0 Å². The number of rotatable bonds is 3. The fourth-order valence-electron chi connectivity index (χ4n) is 1.95. The Labute approximate surface area is 123 Å². The van der Waals surface area contributed by atoms with Crippen LogP contribution in [0, 0.1) is 0 Å². The van der Waals surface area contributed by atoms with Crippen LogP contribution >= 0.6 is 11.3 Å². The van der Waals surface area contributed by atoms with Crippen molar-refractivity contribution < 1.29 is 9.53 Å². The number of ketones is 1. The third-order valence-electron chi connectivity index (χ3n) is 3.07. The van der Waals surface area contributed by atoms with Crippen LogP contribution in [0.2, 0.25) is 0 Å². The van der Waals surface area contributed by atoms with E-state index in [1.165, 1.54) is 16.2 Å². The molecule has 0 aliphatic carbocycles. The van der Waals surface area contributed by atoms with Crippen molar-refractivity contribution in [3.8, 4) is 5.75 Å². The Morgan fingerprint density at radius 2 is 1.90 bits per heavy atom. The summed E-state index contributed by atoms with van der Waals surface area (Å²) in [5, 5.41) is 0. The van der Waals surface area contributed by atoms with E-state index in [1.807, 2.05) is 12.1 Å². The first kappa shape index (κ1) is 14.6. The molecule has 0 bridgehead atoms. The number of carbonyl (C=O) groups is 1. The highest BCUT2D eigenvalue weighted by molar-refractivity contribution is 7.14. The molecule has 0 radical (unpaired) electrons. The van der Waals surface area contributed by atoms with Gasteiger partial charge in [-0.2, -0.15) is 0 Å². The Morgan fingerprint density at radius 1 is 1.20 bits per heavy atom. The summed E-state index contributed by atoms with van der Waals surface area (Å²) in [6.45, 7) is 6.39. The van der Waals surface area contributed by atoms with Crippen molar-refractivity contribution in [2.45, 2.75) is 26.2 Å². The number of thiophene rings is 1. The van der Waals surface area contributed by atoms with Crippen molar-refractivity contribution in [1.29, 1.82) is 0 Å². The van der Waals surface area contributed by atoms with Crippen molar-refractivity contribution in [3.05, 3.63) is 45.6 Å². The van der Waals surface area contributed by atoms with Gasteiger partial charge in [-0.05, 0) is 29.7 Å². The number of hydrogen-bond donors (Lipinski definition) is 1. The van der Waals surface area contributed by atoms with Gasteiger partial charge >= 0.3 is 0 Å². The van der Waals surface area contributed by atoms with E-state index in [9.17, 15) is 4.79 Å². The highest BCUT2D eigenvalue weighted by atomic mass is 32.1. The topological polar surface area (TPSA) is 52.3 Å². The third-order valence-corrected chi connectivity index (χ3v) is 4.58. The molecule has 0 saturated carbocycles. The molecule has 0 aliphatic rings. The molecule has 1 aromatic carbocycles. The zero-order valence-corrected chi connectivity index (χ0v) is 13.0. The van der Waals surface area contributed by atoms with E-state index < -0.39 is 0 Å². The Bertz CT molecular complexity index is 638. The number of nitrogens with two attached hydrogens (primary N) is 1. The van der Waals surface area contributed by atoms with E-state index in [0.717, 1.165) is 0 Å². The second kappa shape index (κ2) is 5.29. The number of anilines is 1. The van der Waals surface area contributed by atoms with Gasteiger partial charge in [0, 0.05) is 10.6 Å². The first-order valence-electron chi connectivity index (χ1n) is 6.42. The molecular formula is C16H19NO2S. The predicted molar refractivity (Wildman–Crippen MR) is 83.9 cm³/mol. The molecule has 0 spiro atoms. The second-order valence-electron chi connectivity index (χ2n) is 5.67. The molecule has 106 valence electrons. The van der Waals surface area contributed by atoms with E-state index >= 15 is 0 Å². The first-order chi connectivity index (χ1) is 9.34. The molecule has 0 unspecified atom stereocenters. The van der Waals surface area contributed by atoms with Crippen LogP contribution in [0.25, 0.3) is 0 Å². The SMILES string of the molecule is COc1cccc(N)c1C(=O)c1ccc(C(C)(C)C)s1. The Balaban J connectivity index is 2.45. The number of ether oxygens (including phenoxy) is 1. The molecule has 3 nitrogen and oxygen atoms in total. The number of carbonyl (C=O) groups excluding carboxylic acids is 1. The minimum absolute atomic E-state index is 0.0372. The second-order valence-corrected chi connectivity index (χ2v) is 6.75. The molecule has 2 N–H and O–H groups in total. The van der Waals surface area contributed by atoms with E-state index in [0.29, 0.717) is 21.9 Å². The van der Waals surface area contributed by atoms with Gasteiger partial charge in [-0.3, -0.25) is 4.79 Å². The van der Waals surface area contributed by atoms with Crippen LogP contribution in [0.3, 0.4) is 0 Å². The van der Waals surface area contributed by atoms with Gasteiger partial charge in [0.2, 0.25) is 5.78 Å². The Hall–Kier alpha value is -1.81. The molecule has 0 saturated heterocycles. The van der Waals surface area contributed by atoms with E-state index in [1.54, 1.807) is 25.3 Å². The maximum atomic E-state index is 12.6. The summed E-state index contributed by atoms with van der Waals surface area (Å²) in [5.41, 5.74) is 6.86. The average Bonchev–Trinajstić information content (AvgIpc) is 2.87. The van der Waals surface area contributed by atoms with Crippen LogP contribution in [0.5, 0.6) is 5.75 Å². The number of benzene rings is 1. The van der Waals surface area contributed by atoms with Crippen molar-refractivity contribution in [3.63, 3.8) is 0 Å². The van der Waals surface area contributed by atoms with Crippen molar-refractivity contribution >= 4 is 22.8 Å². The van der Waals surface area contributed by atoms with Crippen molar-refractivity contribution in [2.24, 2.45) is 0 Å². The zero-order valence-electron chi connectivity index (χ0n) is 12.2. The van der Waals surface area contributed by atoms with Crippen LogP contribution in [0.15, 0.2) is 30.3 Å². The standard InChI is InChI=1S/C16H19NO2S/c1-16(2,3)13-9-8-12(20-13)15(18)14-10(17)6-5-7-11(14)19-4/h5-9H,17H2,1-4H3. The number of nitrogen functional groups attached to an aromatic ring is 1. The summed E-state index contributed by atoms with van der Waals surface area (Å²) in [4.78, 5) is 14.5. The molecule has 2 aromatic rings. The largest absolute Gasteiger partial charge is 0.496 e. The summed E-state index contributed by atoms with van der Waals surface area (Å²) in [5.74, 6) is 0.432. The maximum absolute atomic E-state index is 12.6. The van der Waals surface area contributed by atoms with E-state index in [2.05, 4.69) is 20.8 Å². The van der Waals surface area contributed by atoms with E-state index in [4.69, 9.17) is 10.5 Å². The average molecular weight is 289 g/mol. The molecule has 20 heavy (non-hydrogen) atoms. The smallest absolute Gasteiger partial charge is 0.208 e. The van der Waals surface area contributed by atoms with Gasteiger partial charge in [-0.1, -0.05) is 26.8 Å². The van der Waals surface area contributed by atoms with Gasteiger partial charge < -0.3 is 10.5 Å². The normalized spacial score (nSPS) is 11.4.